The lowest BCUT2D eigenvalue weighted by molar-refractivity contribution is -0.136. The van der Waals surface area contributed by atoms with Crippen LogP contribution in [0, 0.1) is 0 Å². The van der Waals surface area contributed by atoms with Gasteiger partial charge in [-0.3, -0.25) is 4.79 Å². The van der Waals surface area contributed by atoms with Gasteiger partial charge in [0.2, 0.25) is 0 Å². The summed E-state index contributed by atoms with van der Waals surface area (Å²) in [6.07, 6.45) is 1.16. The number of rotatable bonds is 6. The van der Waals surface area contributed by atoms with Gasteiger partial charge in [-0.25, -0.2) is 13.2 Å². The number of sulfone groups is 1. The first-order valence-electron chi connectivity index (χ1n) is 8.55. The predicted octanol–water partition coefficient (Wildman–Crippen LogP) is 2.48. The first-order valence-corrected chi connectivity index (χ1v) is 11.2. The second-order valence-electron chi connectivity index (χ2n) is 6.37. The number of amides is 1. The van der Waals surface area contributed by atoms with Gasteiger partial charge in [0.15, 0.2) is 16.4 Å². The van der Waals surface area contributed by atoms with E-state index in [1.165, 1.54) is 11.3 Å². The van der Waals surface area contributed by atoms with Crippen molar-refractivity contribution in [3.05, 3.63) is 35.2 Å². The lowest BCUT2D eigenvalue weighted by atomic mass is 10.2. The molecule has 0 radical (unpaired) electrons. The van der Waals surface area contributed by atoms with Crippen LogP contribution in [-0.2, 0) is 19.4 Å². The molecule has 1 saturated heterocycles. The highest BCUT2D eigenvalue weighted by Crippen LogP contribution is 2.26. The minimum Gasteiger partial charge on any atom is -0.451 e. The smallest absolute Gasteiger partial charge is 0.348 e. The Hall–Kier alpha value is -1.93. The molecule has 1 aliphatic heterocycles. The Balaban J connectivity index is 1.63. The normalized spacial score (nSPS) is 18.7. The van der Waals surface area contributed by atoms with E-state index in [9.17, 15) is 18.0 Å². The zero-order valence-electron chi connectivity index (χ0n) is 14.5. The second kappa shape index (κ2) is 7.75. The first-order chi connectivity index (χ1) is 12.4. The van der Waals surface area contributed by atoms with Crippen LogP contribution in [0.3, 0.4) is 0 Å². The number of nitrogens with zero attached hydrogens (tertiary/aromatic N) is 1. The molecule has 2 heterocycles. The molecule has 2 aromatic rings. The van der Waals surface area contributed by atoms with Crippen LogP contribution in [0.15, 0.2) is 30.3 Å². The number of hydrogen-bond donors (Lipinski definition) is 0. The van der Waals surface area contributed by atoms with Crippen LogP contribution in [0.1, 0.15) is 29.4 Å². The van der Waals surface area contributed by atoms with E-state index in [2.05, 4.69) is 0 Å². The van der Waals surface area contributed by atoms with Crippen molar-refractivity contribution in [1.82, 2.24) is 4.90 Å². The van der Waals surface area contributed by atoms with Crippen molar-refractivity contribution in [2.24, 2.45) is 0 Å². The summed E-state index contributed by atoms with van der Waals surface area (Å²) in [5.41, 5.74) is 0. The number of carbonyl (C=O) groups excluding carboxylic acids is 2. The summed E-state index contributed by atoms with van der Waals surface area (Å²) < 4.78 is 29.5. The van der Waals surface area contributed by atoms with Crippen LogP contribution < -0.4 is 0 Å². The Morgan fingerprint density at radius 3 is 2.73 bits per heavy atom. The summed E-state index contributed by atoms with van der Waals surface area (Å²) in [6, 6.07) is 9.06. The highest BCUT2D eigenvalue weighted by molar-refractivity contribution is 7.91. The SMILES string of the molecule is CCCN(C(=O)COC(=O)c1cc2ccccc2s1)[C@H]1CCS(=O)(=O)C1. The van der Waals surface area contributed by atoms with E-state index < -0.39 is 15.8 Å². The number of benzene rings is 1. The van der Waals surface area contributed by atoms with Gasteiger partial charge in [-0.05, 0) is 30.4 Å². The molecule has 0 spiro atoms. The van der Waals surface area contributed by atoms with Gasteiger partial charge in [0, 0.05) is 17.3 Å². The van der Waals surface area contributed by atoms with Crippen LogP contribution in [0.2, 0.25) is 0 Å². The molecule has 1 atom stereocenters. The maximum absolute atomic E-state index is 12.5. The van der Waals surface area contributed by atoms with Crippen LogP contribution in [0.4, 0.5) is 0 Å². The minimum absolute atomic E-state index is 0.0109. The molecule has 0 saturated carbocycles. The van der Waals surface area contributed by atoms with E-state index in [4.69, 9.17) is 4.74 Å². The Bertz CT molecular complexity index is 886. The van der Waals surface area contributed by atoms with Crippen molar-refractivity contribution in [2.75, 3.05) is 24.7 Å². The standard InChI is InChI=1S/C18H21NO5S2/c1-2-8-19(14-7-9-26(22,23)12-14)17(20)11-24-18(21)16-10-13-5-3-4-6-15(13)25-16/h3-6,10,14H,2,7-9,11-12H2,1H3/t14-/m0/s1. The molecule has 140 valence electrons. The van der Waals surface area contributed by atoms with Crippen molar-refractivity contribution in [1.29, 1.82) is 0 Å². The van der Waals surface area contributed by atoms with E-state index in [-0.39, 0.29) is 30.1 Å². The van der Waals surface area contributed by atoms with Crippen LogP contribution in [-0.4, -0.2) is 55.9 Å². The molecule has 0 unspecified atom stereocenters. The van der Waals surface area contributed by atoms with Gasteiger partial charge in [-0.15, -0.1) is 11.3 Å². The van der Waals surface area contributed by atoms with Gasteiger partial charge in [0.05, 0.1) is 11.5 Å². The highest BCUT2D eigenvalue weighted by atomic mass is 32.2. The van der Waals surface area contributed by atoms with Crippen molar-refractivity contribution >= 4 is 43.1 Å². The quantitative estimate of drug-likeness (QED) is 0.702. The Labute approximate surface area is 156 Å². The first kappa shape index (κ1) is 18.8. The largest absolute Gasteiger partial charge is 0.451 e. The molecule has 1 aliphatic rings. The Morgan fingerprint density at radius 1 is 1.31 bits per heavy atom. The van der Waals surface area contributed by atoms with Crippen LogP contribution in [0.25, 0.3) is 10.1 Å². The molecule has 0 aliphatic carbocycles. The highest BCUT2D eigenvalue weighted by Gasteiger charge is 2.34. The van der Waals surface area contributed by atoms with Crippen molar-refractivity contribution in [3.63, 3.8) is 0 Å². The van der Waals surface area contributed by atoms with Crippen molar-refractivity contribution in [3.8, 4) is 0 Å². The molecule has 8 heteroatoms. The molecule has 1 amide bonds. The number of hydrogen-bond acceptors (Lipinski definition) is 6. The Kier molecular flexibility index (Phi) is 5.62. The molecule has 6 nitrogen and oxygen atoms in total. The van der Waals surface area contributed by atoms with Crippen molar-refractivity contribution in [2.45, 2.75) is 25.8 Å². The van der Waals surface area contributed by atoms with E-state index in [0.29, 0.717) is 24.3 Å². The fourth-order valence-electron chi connectivity index (χ4n) is 3.14. The summed E-state index contributed by atoms with van der Waals surface area (Å²) in [6.45, 7) is 2.01. The maximum atomic E-state index is 12.5. The summed E-state index contributed by atoms with van der Waals surface area (Å²) in [5.74, 6) is -0.783. The van der Waals surface area contributed by atoms with E-state index >= 15 is 0 Å². The maximum Gasteiger partial charge on any atom is 0.348 e. The average Bonchev–Trinajstić information content (AvgIpc) is 3.20. The zero-order chi connectivity index (χ0) is 18.7. The number of ether oxygens (including phenoxy) is 1. The number of carbonyl (C=O) groups is 2. The summed E-state index contributed by atoms with van der Waals surface area (Å²) >= 11 is 1.32. The molecular formula is C18H21NO5S2. The molecule has 26 heavy (non-hydrogen) atoms. The van der Waals surface area contributed by atoms with Gasteiger partial charge in [-0.2, -0.15) is 0 Å². The van der Waals surface area contributed by atoms with Crippen molar-refractivity contribution < 1.29 is 22.7 Å². The number of fused-ring (bicyclic) bond motifs is 1. The van der Waals surface area contributed by atoms with Gasteiger partial charge < -0.3 is 9.64 Å². The van der Waals surface area contributed by atoms with Crippen LogP contribution >= 0.6 is 11.3 Å². The second-order valence-corrected chi connectivity index (χ2v) is 9.68. The van der Waals surface area contributed by atoms with Gasteiger partial charge in [-0.1, -0.05) is 25.1 Å². The molecule has 1 fully saturated rings. The van der Waals surface area contributed by atoms with Gasteiger partial charge in [0.1, 0.15) is 4.88 Å². The molecule has 0 bridgehead atoms. The predicted molar refractivity (Wildman–Crippen MR) is 101 cm³/mol. The van der Waals surface area contributed by atoms with Gasteiger partial charge in [0.25, 0.3) is 5.91 Å². The summed E-state index contributed by atoms with van der Waals surface area (Å²) in [4.78, 5) is 26.7. The number of thiophene rings is 1. The summed E-state index contributed by atoms with van der Waals surface area (Å²) in [7, 11) is -3.08. The third-order valence-electron chi connectivity index (χ3n) is 4.39. The fraction of sp³-hybridized carbons (Fsp3) is 0.444. The topological polar surface area (TPSA) is 80.8 Å². The lowest BCUT2D eigenvalue weighted by Crippen LogP contribution is -2.43. The molecule has 0 N–H and O–H groups in total. The molecule has 1 aromatic heterocycles. The van der Waals surface area contributed by atoms with E-state index in [0.717, 1.165) is 10.1 Å². The zero-order valence-corrected chi connectivity index (χ0v) is 16.1. The molecular weight excluding hydrogens is 374 g/mol. The van der Waals surface area contributed by atoms with E-state index in [1.807, 2.05) is 31.2 Å². The van der Waals surface area contributed by atoms with Crippen LogP contribution in [0.5, 0.6) is 0 Å². The third kappa shape index (κ3) is 4.24. The Morgan fingerprint density at radius 2 is 2.08 bits per heavy atom. The third-order valence-corrected chi connectivity index (χ3v) is 7.23. The average molecular weight is 396 g/mol. The molecule has 1 aromatic carbocycles. The summed E-state index contributed by atoms with van der Waals surface area (Å²) in [5, 5.41) is 0.958. The van der Waals surface area contributed by atoms with Gasteiger partial charge >= 0.3 is 5.97 Å². The molecule has 3 rings (SSSR count). The fourth-order valence-corrected chi connectivity index (χ4v) is 5.82. The van der Waals surface area contributed by atoms with E-state index in [1.54, 1.807) is 11.0 Å². The minimum atomic E-state index is -3.08. The monoisotopic (exact) mass is 395 g/mol. The lowest BCUT2D eigenvalue weighted by Gasteiger charge is -2.27. The number of esters is 1.